The van der Waals surface area contributed by atoms with E-state index in [0.29, 0.717) is 5.92 Å². The maximum absolute atomic E-state index is 9.34. The molecule has 2 rings (SSSR count). The lowest BCUT2D eigenvalue weighted by Crippen LogP contribution is -2.43. The summed E-state index contributed by atoms with van der Waals surface area (Å²) in [7, 11) is 2.10. The second-order valence-corrected chi connectivity index (χ2v) is 5.52. The Hall–Kier alpha value is -0.970. The molecule has 1 fully saturated rings. The Balaban J connectivity index is 2.01. The van der Waals surface area contributed by atoms with Gasteiger partial charge in [0.1, 0.15) is 0 Å². The summed E-state index contributed by atoms with van der Waals surface area (Å²) < 4.78 is 0. The van der Waals surface area contributed by atoms with Crippen molar-refractivity contribution >= 4 is 0 Å². The van der Waals surface area contributed by atoms with Crippen molar-refractivity contribution in [2.24, 2.45) is 11.7 Å². The highest BCUT2D eigenvalue weighted by Gasteiger charge is 2.31. The number of pyridine rings is 1. The number of aromatic nitrogens is 1. The average Bonchev–Trinajstić information content (AvgIpc) is 2.28. The van der Waals surface area contributed by atoms with Crippen LogP contribution in [0.3, 0.4) is 0 Å². The van der Waals surface area contributed by atoms with Gasteiger partial charge in [-0.1, -0.05) is 6.07 Å². The van der Waals surface area contributed by atoms with Gasteiger partial charge in [0.25, 0.3) is 0 Å². The molecule has 1 aliphatic carbocycles. The maximum Gasteiger partial charge on any atom is 0.0546 e. The minimum absolute atomic E-state index is 0.0594. The third kappa shape index (κ3) is 3.07. The summed E-state index contributed by atoms with van der Waals surface area (Å²) in [6, 6.07) is 4.28. The highest BCUT2D eigenvalue weighted by molar-refractivity contribution is 5.16. The zero-order valence-corrected chi connectivity index (χ0v) is 11.2. The number of nitrogens with two attached hydrogens (primary N) is 1. The topological polar surface area (TPSA) is 62.4 Å². The lowest BCUT2D eigenvalue weighted by atomic mass is 9.81. The zero-order valence-electron chi connectivity index (χ0n) is 11.2. The fraction of sp³-hybridized carbons (Fsp3) is 0.643. The van der Waals surface area contributed by atoms with Crippen LogP contribution in [0.1, 0.15) is 31.4 Å². The zero-order chi connectivity index (χ0) is 13.1. The van der Waals surface area contributed by atoms with Gasteiger partial charge in [0.05, 0.1) is 12.1 Å². The van der Waals surface area contributed by atoms with Crippen LogP contribution in [-0.2, 0) is 0 Å². The van der Waals surface area contributed by atoms with Gasteiger partial charge in [0.2, 0.25) is 0 Å². The Morgan fingerprint density at radius 1 is 1.56 bits per heavy atom. The normalized spacial score (nSPS) is 26.7. The summed E-state index contributed by atoms with van der Waals surface area (Å²) in [4.78, 5) is 6.46. The molecule has 0 aliphatic heterocycles. The molecule has 0 amide bonds. The Morgan fingerprint density at radius 3 is 2.78 bits per heavy atom. The largest absolute Gasteiger partial charge is 0.393 e. The van der Waals surface area contributed by atoms with Crippen molar-refractivity contribution in [2.75, 3.05) is 13.6 Å². The monoisotopic (exact) mass is 249 g/mol. The average molecular weight is 249 g/mol. The number of aliphatic hydroxyl groups excluding tert-OH is 1. The van der Waals surface area contributed by atoms with Crippen LogP contribution in [0.2, 0.25) is 0 Å². The molecule has 1 aromatic rings. The van der Waals surface area contributed by atoms with Crippen LogP contribution in [0.15, 0.2) is 24.5 Å². The lowest BCUT2D eigenvalue weighted by molar-refractivity contribution is 0.0202. The highest BCUT2D eigenvalue weighted by Crippen LogP contribution is 2.30. The van der Waals surface area contributed by atoms with Crippen molar-refractivity contribution in [3.8, 4) is 0 Å². The van der Waals surface area contributed by atoms with Crippen LogP contribution >= 0.6 is 0 Å². The fourth-order valence-electron chi connectivity index (χ4n) is 2.88. The van der Waals surface area contributed by atoms with Crippen molar-refractivity contribution in [3.05, 3.63) is 30.1 Å². The van der Waals surface area contributed by atoms with E-state index in [9.17, 15) is 5.11 Å². The molecule has 4 nitrogen and oxygen atoms in total. The second-order valence-electron chi connectivity index (χ2n) is 5.52. The quantitative estimate of drug-likeness (QED) is 0.822. The third-order valence-corrected chi connectivity index (χ3v) is 3.76. The number of likely N-dealkylation sites (N-methyl/N-ethyl adjacent to an activating group) is 1. The van der Waals surface area contributed by atoms with Crippen molar-refractivity contribution < 1.29 is 5.11 Å². The number of nitrogens with zero attached hydrogens (tertiary/aromatic N) is 2. The van der Waals surface area contributed by atoms with Gasteiger partial charge in [-0.25, -0.2) is 0 Å². The van der Waals surface area contributed by atoms with Gasteiger partial charge in [-0.2, -0.15) is 0 Å². The number of hydrogen-bond acceptors (Lipinski definition) is 4. The van der Waals surface area contributed by atoms with Gasteiger partial charge >= 0.3 is 0 Å². The summed E-state index contributed by atoms with van der Waals surface area (Å²) in [5, 5.41) is 9.34. The van der Waals surface area contributed by atoms with Crippen LogP contribution in [-0.4, -0.2) is 40.7 Å². The van der Waals surface area contributed by atoms with Gasteiger partial charge in [-0.3, -0.25) is 9.88 Å². The number of rotatable bonds is 5. The molecule has 0 saturated heterocycles. The van der Waals surface area contributed by atoms with Crippen LogP contribution in [0.25, 0.3) is 0 Å². The summed E-state index contributed by atoms with van der Waals surface area (Å²) in [6.07, 6.45) is 5.42. The van der Waals surface area contributed by atoms with Crippen LogP contribution in [0.5, 0.6) is 0 Å². The van der Waals surface area contributed by atoms with E-state index in [4.69, 9.17) is 5.73 Å². The van der Waals surface area contributed by atoms with Crippen LogP contribution in [0, 0.1) is 5.92 Å². The van der Waals surface area contributed by atoms with Crippen molar-refractivity contribution in [1.29, 1.82) is 0 Å². The van der Waals surface area contributed by atoms with Crippen molar-refractivity contribution in [1.82, 2.24) is 9.88 Å². The molecule has 3 N–H and O–H groups in total. The summed E-state index contributed by atoms with van der Waals surface area (Å²) >= 11 is 0. The Labute approximate surface area is 109 Å². The maximum atomic E-state index is 9.34. The molecule has 1 aliphatic rings. The van der Waals surface area contributed by atoms with Gasteiger partial charge < -0.3 is 10.8 Å². The second kappa shape index (κ2) is 5.78. The molecular weight excluding hydrogens is 226 g/mol. The molecule has 0 radical (unpaired) electrons. The molecule has 0 spiro atoms. The van der Waals surface area contributed by atoms with E-state index in [-0.39, 0.29) is 18.2 Å². The van der Waals surface area contributed by atoms with E-state index in [1.807, 2.05) is 19.2 Å². The summed E-state index contributed by atoms with van der Waals surface area (Å²) in [6.45, 7) is 3.02. The predicted octanol–water partition coefficient (Wildman–Crippen LogP) is 1.17. The van der Waals surface area contributed by atoms with E-state index in [1.54, 1.807) is 6.20 Å². The molecule has 2 unspecified atom stereocenters. The third-order valence-electron chi connectivity index (χ3n) is 3.76. The fourth-order valence-corrected chi connectivity index (χ4v) is 2.88. The molecule has 1 heterocycles. The standard InChI is InChI=1S/C14H23N3O/c1-10(15)14(12-4-3-5-16-8-12)17(2)9-11-6-13(18)7-11/h3-5,8,10-11,13-14,18H,6-7,9,15H2,1-2H3. The van der Waals surface area contributed by atoms with Gasteiger partial charge in [-0.05, 0) is 44.4 Å². The van der Waals surface area contributed by atoms with E-state index < -0.39 is 0 Å². The SMILES string of the molecule is CC(N)C(c1cccnc1)N(C)CC1CC(O)C1. The van der Waals surface area contributed by atoms with Crippen molar-refractivity contribution in [2.45, 2.75) is 38.0 Å². The lowest BCUT2D eigenvalue weighted by Gasteiger charge is -2.38. The first-order valence-corrected chi connectivity index (χ1v) is 6.61. The van der Waals surface area contributed by atoms with Gasteiger partial charge in [-0.15, -0.1) is 0 Å². The molecule has 2 atom stereocenters. The van der Waals surface area contributed by atoms with E-state index in [0.717, 1.165) is 24.9 Å². The Morgan fingerprint density at radius 2 is 2.28 bits per heavy atom. The molecule has 100 valence electrons. The Kier molecular flexibility index (Phi) is 4.32. The van der Waals surface area contributed by atoms with Crippen LogP contribution < -0.4 is 5.73 Å². The smallest absolute Gasteiger partial charge is 0.0546 e. The summed E-state index contributed by atoms with van der Waals surface area (Å²) in [5.41, 5.74) is 7.28. The molecule has 0 bridgehead atoms. The minimum atomic E-state index is -0.0875. The summed E-state index contributed by atoms with van der Waals surface area (Å²) in [5.74, 6) is 0.600. The highest BCUT2D eigenvalue weighted by atomic mass is 16.3. The first-order chi connectivity index (χ1) is 8.58. The van der Waals surface area contributed by atoms with E-state index in [1.165, 1.54) is 0 Å². The van der Waals surface area contributed by atoms with Crippen LogP contribution in [0.4, 0.5) is 0 Å². The molecule has 1 saturated carbocycles. The number of aliphatic hydroxyl groups is 1. The van der Waals surface area contributed by atoms with E-state index >= 15 is 0 Å². The van der Waals surface area contributed by atoms with Gasteiger partial charge in [0.15, 0.2) is 0 Å². The van der Waals surface area contributed by atoms with Gasteiger partial charge in [0, 0.05) is 25.0 Å². The molecule has 18 heavy (non-hydrogen) atoms. The van der Waals surface area contributed by atoms with E-state index in [2.05, 4.69) is 23.0 Å². The molecule has 0 aromatic carbocycles. The first-order valence-electron chi connectivity index (χ1n) is 6.61. The predicted molar refractivity (Wildman–Crippen MR) is 72.0 cm³/mol. The van der Waals surface area contributed by atoms with Crippen molar-refractivity contribution in [3.63, 3.8) is 0 Å². The number of hydrogen-bond donors (Lipinski definition) is 2. The minimum Gasteiger partial charge on any atom is -0.393 e. The Bertz CT molecular complexity index is 363. The first kappa shape index (κ1) is 13.5. The molecular formula is C14H23N3O. The molecule has 1 aromatic heterocycles. The molecule has 4 heteroatoms.